The normalized spacial score (nSPS) is 11.2. The number of ether oxygens (including phenoxy) is 2. The summed E-state index contributed by atoms with van der Waals surface area (Å²) in [5, 5.41) is 61.9. The molecule has 9 N–H and O–H groups in total. The number of amides is 5. The number of anilines is 4. The Labute approximate surface area is 352 Å². The summed E-state index contributed by atoms with van der Waals surface area (Å²) < 4.78 is 10.3. The van der Waals surface area contributed by atoms with Crippen LogP contribution in [0.4, 0.5) is 22.9 Å². The Hall–Kier alpha value is -8.92. The summed E-state index contributed by atoms with van der Waals surface area (Å²) in [7, 11) is 2.34. The van der Waals surface area contributed by atoms with Crippen molar-refractivity contribution in [3.63, 3.8) is 0 Å². The third kappa shape index (κ3) is 10.6. The molecule has 0 spiro atoms. The second-order valence-corrected chi connectivity index (χ2v) is 13.1. The van der Waals surface area contributed by atoms with Gasteiger partial charge in [-0.3, -0.25) is 24.0 Å². The summed E-state index contributed by atoms with van der Waals surface area (Å²) in [5.41, 5.74) is 0.508. The van der Waals surface area contributed by atoms with E-state index >= 15 is 0 Å². The van der Waals surface area contributed by atoms with Crippen LogP contribution < -0.4 is 36.1 Å². The van der Waals surface area contributed by atoms with Crippen LogP contribution in [0.15, 0.2) is 96.7 Å². The molecule has 5 rings (SSSR count). The number of rotatable bonds is 15. The van der Waals surface area contributed by atoms with Crippen LogP contribution in [-0.2, 0) is 9.59 Å². The van der Waals surface area contributed by atoms with E-state index < -0.39 is 58.6 Å². The minimum Gasteiger partial charge on any atom is -0.508 e. The fourth-order valence-electron chi connectivity index (χ4n) is 5.67. The molecular weight excluding hydrogens is 807 g/mol. The highest BCUT2D eigenvalue weighted by Crippen LogP contribution is 2.40. The average Bonchev–Trinajstić information content (AvgIpc) is 3.24. The van der Waals surface area contributed by atoms with Gasteiger partial charge in [-0.15, -0.1) is 0 Å². The molecule has 1 unspecified atom stereocenters. The van der Waals surface area contributed by atoms with E-state index in [0.717, 1.165) is 13.2 Å². The van der Waals surface area contributed by atoms with Gasteiger partial charge in [0.15, 0.2) is 23.0 Å². The molecule has 0 aliphatic carbocycles. The number of aromatic carboxylic acids is 1. The first-order valence-corrected chi connectivity index (χ1v) is 18.1. The lowest BCUT2D eigenvalue weighted by molar-refractivity contribution is -0.118. The molecule has 0 bridgehead atoms. The number of nitrogens with one attached hydrogen (secondary N) is 5. The topological polar surface area (TPSA) is 299 Å². The highest BCUT2D eigenvalue weighted by Gasteiger charge is 2.25. The molecule has 0 saturated carbocycles. The SMILES string of the molecule is COc1c(NC(=O)c2ccc(NC(=O)c3ccc(NC(=O)C(CC#N)NC(=O)c4ccc(NC(=O)C(C)=Cc5ccc(O)cc5)nc4)cc3)c(OC)c2O)ccc(C(=O)O)c1O. The van der Waals surface area contributed by atoms with Crippen LogP contribution in [0.25, 0.3) is 6.08 Å². The molecule has 1 atom stereocenters. The maximum Gasteiger partial charge on any atom is 0.339 e. The maximum atomic E-state index is 13.2. The van der Waals surface area contributed by atoms with Crippen LogP contribution in [0.1, 0.15) is 60.3 Å². The van der Waals surface area contributed by atoms with Crippen LogP contribution in [0.5, 0.6) is 28.7 Å². The largest absolute Gasteiger partial charge is 0.508 e. The number of phenolic OH excluding ortho intramolecular Hbond substituents is 2. The first kappa shape index (κ1) is 44.2. The van der Waals surface area contributed by atoms with Crippen molar-refractivity contribution in [3.8, 4) is 34.8 Å². The fraction of sp³-hybridized carbons (Fsp3) is 0.116. The summed E-state index contributed by atoms with van der Waals surface area (Å²) >= 11 is 0. The number of carbonyl (C=O) groups excluding carboxylic acids is 5. The maximum absolute atomic E-state index is 13.2. The number of hydrogen-bond acceptors (Lipinski definition) is 13. The molecule has 0 radical (unpaired) electrons. The van der Waals surface area contributed by atoms with E-state index in [4.69, 9.17) is 9.47 Å². The highest BCUT2D eigenvalue weighted by molar-refractivity contribution is 6.11. The Morgan fingerprint density at radius 1 is 0.710 bits per heavy atom. The van der Waals surface area contributed by atoms with Gasteiger partial charge in [-0.2, -0.15) is 5.26 Å². The van der Waals surface area contributed by atoms with Crippen LogP contribution >= 0.6 is 0 Å². The molecule has 0 fully saturated rings. The predicted octanol–water partition coefficient (Wildman–Crippen LogP) is 5.11. The predicted molar refractivity (Wildman–Crippen MR) is 223 cm³/mol. The van der Waals surface area contributed by atoms with Gasteiger partial charge in [0.2, 0.25) is 5.91 Å². The molecular formula is C43H37N7O12. The number of aromatic nitrogens is 1. The molecule has 1 heterocycles. The Balaban J connectivity index is 1.18. The van der Waals surface area contributed by atoms with Gasteiger partial charge in [0.1, 0.15) is 23.2 Å². The Morgan fingerprint density at radius 3 is 1.85 bits per heavy atom. The number of methoxy groups -OCH3 is 2. The highest BCUT2D eigenvalue weighted by atomic mass is 16.5. The Bertz CT molecular complexity index is 2620. The summed E-state index contributed by atoms with van der Waals surface area (Å²) in [5.74, 6) is -6.65. The molecule has 62 heavy (non-hydrogen) atoms. The number of phenols is 3. The number of carbonyl (C=O) groups is 6. The summed E-state index contributed by atoms with van der Waals surface area (Å²) in [6.45, 7) is 1.60. The zero-order chi connectivity index (χ0) is 45.1. The van der Waals surface area contributed by atoms with E-state index in [-0.39, 0.29) is 63.2 Å². The molecule has 19 nitrogen and oxygen atoms in total. The lowest BCUT2D eigenvalue weighted by Crippen LogP contribution is -2.43. The summed E-state index contributed by atoms with van der Waals surface area (Å²) in [6, 6.07) is 19.8. The van der Waals surface area contributed by atoms with Gasteiger partial charge in [-0.05, 0) is 91.4 Å². The molecule has 0 aliphatic heterocycles. The summed E-state index contributed by atoms with van der Waals surface area (Å²) in [6.07, 6.45) is 2.42. The van der Waals surface area contributed by atoms with Gasteiger partial charge in [0, 0.05) is 23.0 Å². The third-order valence-corrected chi connectivity index (χ3v) is 8.88. The van der Waals surface area contributed by atoms with Gasteiger partial charge in [0.05, 0.1) is 49.2 Å². The molecule has 19 heteroatoms. The number of hydrogen-bond donors (Lipinski definition) is 9. The second kappa shape index (κ2) is 19.7. The van der Waals surface area contributed by atoms with Gasteiger partial charge in [0.25, 0.3) is 23.6 Å². The molecule has 5 aromatic rings. The van der Waals surface area contributed by atoms with Crippen molar-refractivity contribution in [1.29, 1.82) is 5.26 Å². The van der Waals surface area contributed by atoms with Crippen molar-refractivity contribution < 1.29 is 58.7 Å². The minimum absolute atomic E-state index is 0.0242. The quantitative estimate of drug-likeness (QED) is 0.0619. The molecule has 316 valence electrons. The molecule has 1 aromatic heterocycles. The fourth-order valence-corrected chi connectivity index (χ4v) is 5.67. The Kier molecular flexibility index (Phi) is 14.0. The van der Waals surface area contributed by atoms with Crippen molar-refractivity contribution in [2.45, 2.75) is 19.4 Å². The smallest absolute Gasteiger partial charge is 0.339 e. The lowest BCUT2D eigenvalue weighted by atomic mass is 10.1. The van der Waals surface area contributed by atoms with Gasteiger partial charge in [-0.25, -0.2) is 9.78 Å². The number of nitriles is 1. The number of carboxylic acid groups (broad SMARTS) is 1. The van der Waals surface area contributed by atoms with E-state index in [1.165, 1.54) is 80.0 Å². The average molecular weight is 844 g/mol. The third-order valence-electron chi connectivity index (χ3n) is 8.88. The number of carboxylic acids is 1. The lowest BCUT2D eigenvalue weighted by Gasteiger charge is -2.17. The number of pyridine rings is 1. The number of nitrogens with zero attached hydrogens (tertiary/aromatic N) is 2. The Morgan fingerprint density at radius 2 is 1.29 bits per heavy atom. The first-order chi connectivity index (χ1) is 29.6. The zero-order valence-electron chi connectivity index (χ0n) is 33.0. The number of benzene rings is 4. The summed E-state index contributed by atoms with van der Waals surface area (Å²) in [4.78, 5) is 80.5. The standard InChI is InChI=1S/C43H37N7O12/c1-22(20-23-4-11-27(51)12-5-23)38(54)50-33-17-8-25(21-45-33)40(56)49-32(18-19-44)42(58)46-26-9-6-24(7-10-26)39(55)47-30-15-13-28(34(52)36(30)61-2)41(57)48-31-16-14-29(43(59)60)35(53)37(31)62-3/h4-17,20-21,32,51-53H,18H2,1-3H3,(H,46,58)(H,47,55)(H,48,57)(H,49,56)(H,59,60)(H,45,50,54). The van der Waals surface area contributed by atoms with Crippen LogP contribution in [-0.4, -0.2) is 81.2 Å². The number of aromatic hydroxyl groups is 3. The van der Waals surface area contributed by atoms with Crippen LogP contribution in [0, 0.1) is 11.3 Å². The van der Waals surface area contributed by atoms with E-state index in [2.05, 4.69) is 31.6 Å². The van der Waals surface area contributed by atoms with Gasteiger partial charge in [-0.1, -0.05) is 12.1 Å². The minimum atomic E-state index is -1.43. The van der Waals surface area contributed by atoms with E-state index in [1.807, 2.05) is 6.07 Å². The molecule has 0 saturated heterocycles. The van der Waals surface area contributed by atoms with Crippen molar-refractivity contribution in [2.24, 2.45) is 0 Å². The van der Waals surface area contributed by atoms with E-state index in [9.17, 15) is 54.5 Å². The molecule has 5 amide bonds. The van der Waals surface area contributed by atoms with Gasteiger partial charge >= 0.3 is 5.97 Å². The van der Waals surface area contributed by atoms with Crippen molar-refractivity contribution in [1.82, 2.24) is 10.3 Å². The molecule has 0 aliphatic rings. The van der Waals surface area contributed by atoms with Crippen LogP contribution in [0.3, 0.4) is 0 Å². The van der Waals surface area contributed by atoms with Gasteiger partial charge < -0.3 is 56.5 Å². The zero-order valence-corrected chi connectivity index (χ0v) is 33.0. The first-order valence-electron chi connectivity index (χ1n) is 18.1. The monoisotopic (exact) mass is 843 g/mol. The van der Waals surface area contributed by atoms with Crippen LogP contribution in [0.2, 0.25) is 0 Å². The van der Waals surface area contributed by atoms with Crippen molar-refractivity contribution in [2.75, 3.05) is 35.5 Å². The van der Waals surface area contributed by atoms with Crippen molar-refractivity contribution in [3.05, 3.63) is 125 Å². The van der Waals surface area contributed by atoms with Crippen molar-refractivity contribution >= 4 is 64.5 Å². The van der Waals surface area contributed by atoms with E-state index in [0.29, 0.717) is 11.1 Å². The van der Waals surface area contributed by atoms with E-state index in [1.54, 1.807) is 25.1 Å². The second-order valence-electron chi connectivity index (χ2n) is 13.1. The molecule has 4 aromatic carbocycles.